The Morgan fingerprint density at radius 3 is 2.31 bits per heavy atom. The lowest BCUT2D eigenvalue weighted by Gasteiger charge is -2.31. The van der Waals surface area contributed by atoms with E-state index in [9.17, 15) is 14.7 Å². The highest BCUT2D eigenvalue weighted by Crippen LogP contribution is 2.43. The van der Waals surface area contributed by atoms with Gasteiger partial charge in [-0.25, -0.2) is 9.59 Å². The Morgan fingerprint density at radius 2 is 1.77 bits per heavy atom. The van der Waals surface area contributed by atoms with Crippen LogP contribution in [0.5, 0.6) is 0 Å². The molecular weight excluding hydrogens is 330 g/mol. The van der Waals surface area contributed by atoms with E-state index in [0.717, 1.165) is 5.56 Å². The van der Waals surface area contributed by atoms with Crippen LogP contribution in [0.3, 0.4) is 0 Å². The molecule has 1 N–H and O–H groups in total. The summed E-state index contributed by atoms with van der Waals surface area (Å²) in [4.78, 5) is 28.9. The Bertz CT molecular complexity index is 845. The second kappa shape index (κ2) is 7.35. The van der Waals surface area contributed by atoms with Crippen LogP contribution < -0.4 is 0 Å². The number of nitrogens with zero attached hydrogens (tertiary/aromatic N) is 1. The summed E-state index contributed by atoms with van der Waals surface area (Å²) in [6.45, 7) is 3.92. The van der Waals surface area contributed by atoms with Crippen LogP contribution in [0.4, 0.5) is 0 Å². The molecule has 1 saturated heterocycles. The molecule has 3 rings (SSSR count). The Balaban J connectivity index is 2.12. The topological polar surface area (TPSA) is 76.0 Å². The van der Waals surface area contributed by atoms with E-state index in [0.29, 0.717) is 12.0 Å². The third-order valence-corrected chi connectivity index (χ3v) is 4.55. The Hall–Kier alpha value is -3.21. The molecule has 1 fully saturated rings. The van der Waals surface area contributed by atoms with Gasteiger partial charge in [0, 0.05) is 18.2 Å². The normalized spacial score (nSPS) is 20.7. The fraction of sp³-hybridized carbons (Fsp3) is 0.190. The van der Waals surface area contributed by atoms with Crippen molar-refractivity contribution in [2.24, 2.45) is 4.99 Å². The summed E-state index contributed by atoms with van der Waals surface area (Å²) in [6, 6.07) is 18.3. The molecule has 0 spiro atoms. The number of rotatable bonds is 6. The number of carboxylic acid groups (broad SMARTS) is 1. The van der Waals surface area contributed by atoms with Crippen molar-refractivity contribution >= 4 is 18.2 Å². The highest BCUT2D eigenvalue weighted by molar-refractivity contribution is 5.95. The first kappa shape index (κ1) is 17.6. The third kappa shape index (κ3) is 3.28. The zero-order valence-electron chi connectivity index (χ0n) is 14.2. The molecular formula is C21H19NO4. The average molecular weight is 349 g/mol. The number of carboxylic acids is 1. The van der Waals surface area contributed by atoms with E-state index in [1.165, 1.54) is 0 Å². The lowest BCUT2D eigenvalue weighted by molar-refractivity contribution is -0.142. The molecule has 0 aromatic heterocycles. The van der Waals surface area contributed by atoms with Crippen molar-refractivity contribution in [1.29, 1.82) is 0 Å². The second-order valence-corrected chi connectivity index (χ2v) is 6.15. The number of esters is 1. The van der Waals surface area contributed by atoms with Crippen molar-refractivity contribution in [1.82, 2.24) is 0 Å². The number of carbonyl (C=O) groups is 2. The first-order valence-corrected chi connectivity index (χ1v) is 8.29. The molecule has 1 aliphatic heterocycles. The van der Waals surface area contributed by atoms with Crippen LogP contribution in [0.25, 0.3) is 0 Å². The lowest BCUT2D eigenvalue weighted by Crippen LogP contribution is -2.41. The van der Waals surface area contributed by atoms with E-state index in [-0.39, 0.29) is 12.2 Å². The van der Waals surface area contributed by atoms with E-state index in [1.807, 2.05) is 36.4 Å². The molecule has 0 unspecified atom stereocenters. The van der Waals surface area contributed by atoms with Crippen LogP contribution in [0.2, 0.25) is 0 Å². The number of aliphatic imine (C=N–C) groups is 1. The van der Waals surface area contributed by atoms with Crippen LogP contribution in [0.1, 0.15) is 23.5 Å². The Labute approximate surface area is 151 Å². The summed E-state index contributed by atoms with van der Waals surface area (Å²) in [5.74, 6) is -2.50. The van der Waals surface area contributed by atoms with Crippen molar-refractivity contribution in [3.8, 4) is 0 Å². The van der Waals surface area contributed by atoms with Gasteiger partial charge in [0.15, 0.2) is 5.54 Å². The van der Waals surface area contributed by atoms with Gasteiger partial charge in [-0.1, -0.05) is 67.2 Å². The van der Waals surface area contributed by atoms with Gasteiger partial charge in [0.1, 0.15) is 0 Å². The van der Waals surface area contributed by atoms with Gasteiger partial charge in [-0.2, -0.15) is 0 Å². The SMILES string of the molecule is C=C(C(=O)O)[C@@H](c1ccccc1)[C@@]1(N=Cc2ccccc2)CCOC1=O. The third-order valence-electron chi connectivity index (χ3n) is 4.55. The van der Waals surface area contributed by atoms with Gasteiger partial charge in [0.05, 0.1) is 12.5 Å². The maximum absolute atomic E-state index is 12.7. The molecule has 5 nitrogen and oxygen atoms in total. The van der Waals surface area contributed by atoms with Gasteiger partial charge in [-0.15, -0.1) is 0 Å². The van der Waals surface area contributed by atoms with Crippen LogP contribution in [0, 0.1) is 0 Å². The molecule has 2 aromatic carbocycles. The van der Waals surface area contributed by atoms with Crippen LogP contribution in [-0.2, 0) is 14.3 Å². The molecule has 0 amide bonds. The maximum atomic E-state index is 12.7. The summed E-state index contributed by atoms with van der Waals surface area (Å²) in [7, 11) is 0. The average Bonchev–Trinajstić information content (AvgIpc) is 3.03. The summed E-state index contributed by atoms with van der Waals surface area (Å²) in [5.41, 5.74) is 0.0655. The van der Waals surface area contributed by atoms with Crippen molar-refractivity contribution in [2.75, 3.05) is 6.61 Å². The molecule has 26 heavy (non-hydrogen) atoms. The van der Waals surface area contributed by atoms with E-state index in [2.05, 4.69) is 11.6 Å². The highest BCUT2D eigenvalue weighted by Gasteiger charge is 2.53. The predicted octanol–water partition coefficient (Wildman–Crippen LogP) is 3.22. The predicted molar refractivity (Wildman–Crippen MR) is 98.3 cm³/mol. The molecule has 0 radical (unpaired) electrons. The summed E-state index contributed by atoms with van der Waals surface area (Å²) in [6.07, 6.45) is 1.89. The molecule has 0 aliphatic carbocycles. The summed E-state index contributed by atoms with van der Waals surface area (Å²) >= 11 is 0. The van der Waals surface area contributed by atoms with E-state index in [4.69, 9.17) is 4.74 Å². The van der Waals surface area contributed by atoms with E-state index >= 15 is 0 Å². The molecule has 132 valence electrons. The van der Waals surface area contributed by atoms with Crippen LogP contribution >= 0.6 is 0 Å². The number of carbonyl (C=O) groups excluding carboxylic acids is 1. The number of benzene rings is 2. The molecule has 1 heterocycles. The number of ether oxygens (including phenoxy) is 1. The van der Waals surface area contributed by atoms with Crippen molar-refractivity contribution < 1.29 is 19.4 Å². The number of aliphatic carboxylic acids is 1. The fourth-order valence-electron chi connectivity index (χ4n) is 3.24. The Morgan fingerprint density at radius 1 is 1.15 bits per heavy atom. The largest absolute Gasteiger partial charge is 0.478 e. The summed E-state index contributed by atoms with van der Waals surface area (Å²) < 4.78 is 5.20. The van der Waals surface area contributed by atoms with Gasteiger partial charge < -0.3 is 9.84 Å². The van der Waals surface area contributed by atoms with Crippen molar-refractivity contribution in [3.63, 3.8) is 0 Å². The first-order valence-electron chi connectivity index (χ1n) is 8.29. The van der Waals surface area contributed by atoms with Crippen molar-refractivity contribution in [2.45, 2.75) is 17.9 Å². The zero-order chi connectivity index (χ0) is 18.6. The Kier molecular flexibility index (Phi) is 4.98. The molecule has 5 heteroatoms. The number of hydrogen-bond acceptors (Lipinski definition) is 4. The van der Waals surface area contributed by atoms with Gasteiger partial charge in [-0.05, 0) is 11.1 Å². The van der Waals surface area contributed by atoms with Crippen LogP contribution in [0.15, 0.2) is 77.8 Å². The van der Waals surface area contributed by atoms with E-state index in [1.54, 1.807) is 30.5 Å². The van der Waals surface area contributed by atoms with Gasteiger partial charge in [-0.3, -0.25) is 4.99 Å². The smallest absolute Gasteiger partial charge is 0.335 e. The standard InChI is InChI=1S/C21H19NO4/c1-15(19(23)24)18(17-10-6-3-7-11-17)21(12-13-26-20(21)25)22-14-16-8-4-2-5-9-16/h2-11,14,18H,1,12-13H2,(H,23,24)/t18-,21-/m0/s1. The number of cyclic esters (lactones) is 1. The van der Waals surface area contributed by atoms with Crippen LogP contribution in [-0.4, -0.2) is 35.4 Å². The summed E-state index contributed by atoms with van der Waals surface area (Å²) in [5, 5.41) is 9.56. The molecule has 0 bridgehead atoms. The number of hydrogen-bond donors (Lipinski definition) is 1. The monoisotopic (exact) mass is 349 g/mol. The fourth-order valence-corrected chi connectivity index (χ4v) is 3.24. The minimum Gasteiger partial charge on any atom is -0.478 e. The zero-order valence-corrected chi connectivity index (χ0v) is 14.2. The van der Waals surface area contributed by atoms with E-state index < -0.39 is 23.4 Å². The first-order chi connectivity index (χ1) is 12.5. The molecule has 2 aromatic rings. The van der Waals surface area contributed by atoms with Crippen molar-refractivity contribution in [3.05, 3.63) is 83.9 Å². The highest BCUT2D eigenvalue weighted by atomic mass is 16.5. The molecule has 0 saturated carbocycles. The van der Waals surface area contributed by atoms with Gasteiger partial charge >= 0.3 is 11.9 Å². The quantitative estimate of drug-likeness (QED) is 0.494. The minimum absolute atomic E-state index is 0.0831. The maximum Gasteiger partial charge on any atom is 0.335 e. The second-order valence-electron chi connectivity index (χ2n) is 6.15. The van der Waals surface area contributed by atoms with Gasteiger partial charge in [0.25, 0.3) is 0 Å². The van der Waals surface area contributed by atoms with Gasteiger partial charge in [0.2, 0.25) is 0 Å². The lowest BCUT2D eigenvalue weighted by atomic mass is 9.74. The molecule has 2 atom stereocenters. The molecule has 1 aliphatic rings. The minimum atomic E-state index is -1.34.